The molecule has 5 atom stereocenters. The highest BCUT2D eigenvalue weighted by molar-refractivity contribution is 7.47. The molecule has 3 unspecified atom stereocenters. The quantitative estimate of drug-likeness (QED) is 0.0145. The fourth-order valence-corrected chi connectivity index (χ4v) is 7.25. The van der Waals surface area contributed by atoms with Gasteiger partial charge in [0.2, 0.25) is 0 Å². The molecule has 0 rings (SSSR count). The number of hydrogen-bond donors (Lipinski definition) is 6. The van der Waals surface area contributed by atoms with E-state index in [1.165, 1.54) is 89.9 Å². The number of rotatable bonds is 43. The fraction of sp³-hybridized carbons (Fsp3) is 0.818. The maximum atomic E-state index is 12.7. The molecule has 0 radical (unpaired) electrons. The number of aliphatic hydroxyl groups excluding tert-OH is 3. The summed E-state index contributed by atoms with van der Waals surface area (Å²) >= 11 is 0. The highest BCUT2D eigenvalue weighted by Gasteiger charge is 2.28. The number of ether oxygens (including phenoxy) is 2. The molecule has 61 heavy (non-hydrogen) atoms. The number of allylic oxidation sites excluding steroid dienone is 5. The Labute approximate surface area is 366 Å². The van der Waals surface area contributed by atoms with Crippen LogP contribution in [0.3, 0.4) is 0 Å². The van der Waals surface area contributed by atoms with Crippen LogP contribution in [0.1, 0.15) is 181 Å². The summed E-state index contributed by atoms with van der Waals surface area (Å²) in [5.41, 5.74) is 0. The maximum absolute atomic E-state index is 12.7. The number of aliphatic hydroxyl groups is 3. The SMILES string of the molecule is CCCCC/C=C\C/C=C\C/C=C\CC(O)C(O)CCCC(=O)O[C@H](COC(=O)CCCCCCCCCCCCCCCCC)COP(=O)(O)OC[C@@H](O)COP(=O)(O)O. The largest absolute Gasteiger partial charge is 0.472 e. The van der Waals surface area contributed by atoms with Crippen molar-refractivity contribution < 1.29 is 71.8 Å². The molecule has 0 saturated carbocycles. The molecule has 0 fully saturated rings. The normalized spacial score (nSPS) is 15.3. The van der Waals surface area contributed by atoms with Crippen LogP contribution in [0.2, 0.25) is 0 Å². The van der Waals surface area contributed by atoms with Crippen molar-refractivity contribution in [1.29, 1.82) is 0 Å². The number of phosphoric ester groups is 2. The lowest BCUT2D eigenvalue weighted by atomic mass is 10.0. The number of unbranched alkanes of at least 4 members (excludes halogenated alkanes) is 17. The molecule has 6 N–H and O–H groups in total. The first-order chi connectivity index (χ1) is 29.2. The zero-order valence-corrected chi connectivity index (χ0v) is 39.0. The molecule has 17 heteroatoms. The lowest BCUT2D eigenvalue weighted by Crippen LogP contribution is -2.30. The molecule has 0 aliphatic heterocycles. The lowest BCUT2D eigenvalue weighted by Gasteiger charge is -2.21. The highest BCUT2D eigenvalue weighted by atomic mass is 31.2. The van der Waals surface area contributed by atoms with Gasteiger partial charge in [-0.2, -0.15) is 0 Å². The third-order valence-electron chi connectivity index (χ3n) is 9.72. The minimum absolute atomic E-state index is 0.0950. The van der Waals surface area contributed by atoms with Crippen LogP contribution in [0.15, 0.2) is 36.5 Å². The van der Waals surface area contributed by atoms with E-state index in [0.717, 1.165) is 32.1 Å². The second-order valence-electron chi connectivity index (χ2n) is 15.6. The predicted molar refractivity (Wildman–Crippen MR) is 237 cm³/mol. The van der Waals surface area contributed by atoms with Crippen molar-refractivity contribution in [3.8, 4) is 0 Å². The Balaban J connectivity index is 4.72. The minimum atomic E-state index is -4.90. The van der Waals surface area contributed by atoms with Gasteiger partial charge in [0.15, 0.2) is 6.10 Å². The summed E-state index contributed by atoms with van der Waals surface area (Å²) in [5, 5.41) is 30.5. The molecule has 0 bridgehead atoms. The Bertz CT molecular complexity index is 1260. The molecule has 0 heterocycles. The molecule has 0 saturated heterocycles. The molecule has 0 aromatic heterocycles. The second-order valence-corrected chi connectivity index (χ2v) is 18.3. The van der Waals surface area contributed by atoms with Crippen molar-refractivity contribution in [3.63, 3.8) is 0 Å². The van der Waals surface area contributed by atoms with E-state index in [4.69, 9.17) is 23.8 Å². The van der Waals surface area contributed by atoms with Crippen molar-refractivity contribution in [2.24, 2.45) is 0 Å². The van der Waals surface area contributed by atoms with Crippen molar-refractivity contribution >= 4 is 27.6 Å². The smallest absolute Gasteiger partial charge is 0.462 e. The molecular formula is C44H82O15P2. The van der Waals surface area contributed by atoms with Gasteiger partial charge in [0.25, 0.3) is 0 Å². The molecule has 0 aromatic carbocycles. The third-order valence-corrected chi connectivity index (χ3v) is 11.2. The zero-order valence-electron chi connectivity index (χ0n) is 37.2. The van der Waals surface area contributed by atoms with Crippen LogP contribution in [0.25, 0.3) is 0 Å². The Morgan fingerprint density at radius 2 is 1.00 bits per heavy atom. The Morgan fingerprint density at radius 1 is 0.525 bits per heavy atom. The van der Waals surface area contributed by atoms with Gasteiger partial charge in [0.05, 0.1) is 32.0 Å². The van der Waals surface area contributed by atoms with E-state index < -0.39 is 78.4 Å². The van der Waals surface area contributed by atoms with Crippen LogP contribution < -0.4 is 0 Å². The first-order valence-electron chi connectivity index (χ1n) is 22.8. The van der Waals surface area contributed by atoms with Crippen molar-refractivity contribution in [3.05, 3.63) is 36.5 Å². The van der Waals surface area contributed by atoms with Crippen molar-refractivity contribution in [2.75, 3.05) is 26.4 Å². The average Bonchev–Trinajstić information content (AvgIpc) is 3.21. The van der Waals surface area contributed by atoms with Gasteiger partial charge in [-0.3, -0.25) is 23.2 Å². The van der Waals surface area contributed by atoms with Gasteiger partial charge in [-0.25, -0.2) is 9.13 Å². The number of phosphoric acid groups is 2. The van der Waals surface area contributed by atoms with Crippen LogP contribution >= 0.6 is 15.6 Å². The molecule has 0 aliphatic carbocycles. The van der Waals surface area contributed by atoms with Crippen LogP contribution in [-0.4, -0.2) is 92.8 Å². The topological polar surface area (TPSA) is 236 Å². The molecule has 0 aromatic rings. The van der Waals surface area contributed by atoms with Gasteiger partial charge in [0, 0.05) is 12.8 Å². The summed E-state index contributed by atoms with van der Waals surface area (Å²) in [5.74, 6) is -1.31. The van der Waals surface area contributed by atoms with Gasteiger partial charge in [-0.15, -0.1) is 0 Å². The maximum Gasteiger partial charge on any atom is 0.472 e. The van der Waals surface area contributed by atoms with Crippen LogP contribution in [0, 0.1) is 0 Å². The Morgan fingerprint density at radius 3 is 1.57 bits per heavy atom. The van der Waals surface area contributed by atoms with Crippen LogP contribution in [0.4, 0.5) is 0 Å². The van der Waals surface area contributed by atoms with E-state index in [1.54, 1.807) is 6.08 Å². The highest BCUT2D eigenvalue weighted by Crippen LogP contribution is 2.43. The molecule has 0 aliphatic rings. The van der Waals surface area contributed by atoms with E-state index in [-0.39, 0.29) is 32.1 Å². The summed E-state index contributed by atoms with van der Waals surface area (Å²) in [6.45, 7) is 1.42. The molecule has 0 spiro atoms. The first kappa shape index (κ1) is 59.3. The van der Waals surface area contributed by atoms with E-state index in [2.05, 4.69) is 41.1 Å². The summed E-state index contributed by atoms with van der Waals surface area (Å²) in [7, 11) is -9.78. The number of hydrogen-bond acceptors (Lipinski definition) is 12. The van der Waals surface area contributed by atoms with E-state index in [0.29, 0.717) is 12.8 Å². The molecular weight excluding hydrogens is 830 g/mol. The van der Waals surface area contributed by atoms with Gasteiger partial charge >= 0.3 is 27.6 Å². The summed E-state index contributed by atoms with van der Waals surface area (Å²) in [6, 6.07) is 0. The van der Waals surface area contributed by atoms with Gasteiger partial charge in [-0.1, -0.05) is 153 Å². The molecule has 0 amide bonds. The lowest BCUT2D eigenvalue weighted by molar-refractivity contribution is -0.161. The zero-order chi connectivity index (χ0) is 45.5. The number of carbonyl (C=O) groups is 2. The fourth-order valence-electron chi connectivity index (χ4n) is 6.10. The summed E-state index contributed by atoms with van der Waals surface area (Å²) < 4.78 is 47.6. The minimum Gasteiger partial charge on any atom is -0.462 e. The molecule has 358 valence electrons. The van der Waals surface area contributed by atoms with Gasteiger partial charge < -0.3 is 39.5 Å². The van der Waals surface area contributed by atoms with Crippen LogP contribution in [0.5, 0.6) is 0 Å². The van der Waals surface area contributed by atoms with Crippen molar-refractivity contribution in [1.82, 2.24) is 0 Å². The third kappa shape index (κ3) is 42.0. The first-order valence-corrected chi connectivity index (χ1v) is 25.9. The second kappa shape index (κ2) is 39.8. The summed E-state index contributed by atoms with van der Waals surface area (Å²) in [6.07, 6.45) is 31.6. The summed E-state index contributed by atoms with van der Waals surface area (Å²) in [4.78, 5) is 52.8. The van der Waals surface area contributed by atoms with E-state index in [9.17, 15) is 38.9 Å². The predicted octanol–water partition coefficient (Wildman–Crippen LogP) is 9.62. The van der Waals surface area contributed by atoms with E-state index >= 15 is 0 Å². The van der Waals surface area contributed by atoms with Crippen molar-refractivity contribution in [2.45, 2.75) is 205 Å². The number of esters is 2. The monoisotopic (exact) mass is 913 g/mol. The standard InChI is InChI=1S/C44H82O15P2/c1-3-5-7-9-11-13-15-17-18-19-21-23-25-27-29-33-43(48)55-37-40(38-58-61(53,54)57-36-39(45)35-56-60(50,51)52)59-44(49)34-30-32-42(47)41(46)31-28-26-24-22-20-16-14-12-10-8-6-4-2/h12,14,20,22,26,28,39-42,45-47H,3-11,13,15-19,21,23-25,27,29-38H2,1-2H3,(H,53,54)(H2,50,51,52)/b14-12-,22-20-,28-26-/t39-,40+,41?,42?/m0/s1. The Hall–Kier alpha value is -1.74. The van der Waals surface area contributed by atoms with E-state index in [1.807, 2.05) is 12.2 Å². The Kier molecular flexibility index (Phi) is 38.7. The average molecular weight is 913 g/mol. The number of carbonyl (C=O) groups excluding carboxylic acids is 2. The van der Waals surface area contributed by atoms with Crippen LogP contribution in [-0.2, 0) is 41.8 Å². The van der Waals surface area contributed by atoms with Gasteiger partial charge in [0.1, 0.15) is 12.7 Å². The van der Waals surface area contributed by atoms with Gasteiger partial charge in [-0.05, 0) is 51.4 Å². The molecule has 15 nitrogen and oxygen atoms in total.